The van der Waals surface area contributed by atoms with Gasteiger partial charge in [0, 0.05) is 22.8 Å². The highest BCUT2D eigenvalue weighted by molar-refractivity contribution is 8.16. The van der Waals surface area contributed by atoms with Crippen LogP contribution in [0.2, 0.25) is 0 Å². The maximum absolute atomic E-state index is 12.6. The topological polar surface area (TPSA) is 61.5 Å². The Kier molecular flexibility index (Phi) is 5.28. The summed E-state index contributed by atoms with van der Waals surface area (Å²) >= 11 is 1.38. The Hall–Kier alpha value is -2.86. The van der Waals surface area contributed by atoms with Crippen molar-refractivity contribution in [3.05, 3.63) is 69.5 Å². The first-order valence-electron chi connectivity index (χ1n) is 10.2. The highest BCUT2D eigenvalue weighted by Gasteiger charge is 2.34. The fraction of sp³-hybridized carbons (Fsp3) is 0.292. The Morgan fingerprint density at radius 1 is 1.20 bits per heavy atom. The average Bonchev–Trinajstić information content (AvgIpc) is 3.23. The number of aromatic nitrogens is 1. The van der Waals surface area contributed by atoms with Crippen LogP contribution in [0.5, 0.6) is 0 Å². The monoisotopic (exact) mass is 418 g/mol. The molecule has 0 saturated carbocycles. The third-order valence-corrected chi connectivity index (χ3v) is 6.83. The van der Waals surface area contributed by atoms with E-state index < -0.39 is 0 Å². The van der Waals surface area contributed by atoms with Gasteiger partial charge in [0.05, 0.1) is 5.57 Å². The van der Waals surface area contributed by atoms with Crippen LogP contribution in [0.25, 0.3) is 11.8 Å². The maximum atomic E-state index is 12.6. The van der Waals surface area contributed by atoms with Crippen molar-refractivity contribution in [3.63, 3.8) is 0 Å². The summed E-state index contributed by atoms with van der Waals surface area (Å²) in [5.41, 5.74) is 6.72. The number of amidine groups is 2. The molecular weight excluding hydrogens is 392 g/mol. The summed E-state index contributed by atoms with van der Waals surface area (Å²) in [5, 5.41) is 11.0. The summed E-state index contributed by atoms with van der Waals surface area (Å²) in [6.07, 6.45) is 2.92. The first-order valence-corrected chi connectivity index (χ1v) is 11.1. The Labute approximate surface area is 181 Å². The minimum Gasteiger partial charge on any atom is -0.318 e. The van der Waals surface area contributed by atoms with E-state index in [1.807, 2.05) is 19.3 Å². The van der Waals surface area contributed by atoms with Crippen LogP contribution in [0.15, 0.2) is 52.0 Å². The first kappa shape index (κ1) is 20.4. The van der Waals surface area contributed by atoms with E-state index in [1.54, 1.807) is 11.0 Å². The van der Waals surface area contributed by atoms with Crippen molar-refractivity contribution in [2.75, 3.05) is 0 Å². The van der Waals surface area contributed by atoms with Crippen LogP contribution >= 0.6 is 11.8 Å². The molecule has 30 heavy (non-hydrogen) atoms. The Balaban J connectivity index is 1.72. The van der Waals surface area contributed by atoms with E-state index in [9.17, 15) is 4.79 Å². The van der Waals surface area contributed by atoms with Crippen molar-refractivity contribution in [1.82, 2.24) is 9.47 Å². The van der Waals surface area contributed by atoms with Gasteiger partial charge in [0.25, 0.3) is 5.91 Å². The van der Waals surface area contributed by atoms with Gasteiger partial charge in [-0.1, -0.05) is 37.7 Å². The van der Waals surface area contributed by atoms with E-state index in [1.165, 1.54) is 17.3 Å². The van der Waals surface area contributed by atoms with Crippen molar-refractivity contribution in [1.29, 1.82) is 5.41 Å². The van der Waals surface area contributed by atoms with Gasteiger partial charge in [-0.2, -0.15) is 4.99 Å². The van der Waals surface area contributed by atoms with Crippen molar-refractivity contribution in [2.24, 2.45) is 4.99 Å². The molecule has 2 aliphatic heterocycles. The number of amides is 1. The second kappa shape index (κ2) is 7.76. The number of nitrogens with one attached hydrogen (secondary N) is 1. The second-order valence-electron chi connectivity index (χ2n) is 7.88. The molecule has 5 nitrogen and oxygen atoms in total. The summed E-state index contributed by atoms with van der Waals surface area (Å²) in [5.74, 6) is 0.372. The number of hydrogen-bond acceptors (Lipinski definition) is 3. The molecule has 0 saturated heterocycles. The molecule has 0 bridgehead atoms. The molecule has 3 heterocycles. The summed E-state index contributed by atoms with van der Waals surface area (Å²) < 4.78 is 2.19. The van der Waals surface area contributed by atoms with Gasteiger partial charge in [-0.15, -0.1) is 0 Å². The number of benzene rings is 1. The van der Waals surface area contributed by atoms with Crippen LogP contribution in [0, 0.1) is 19.3 Å². The van der Waals surface area contributed by atoms with E-state index >= 15 is 0 Å². The van der Waals surface area contributed by atoms with Gasteiger partial charge in [-0.25, -0.2) is 0 Å². The molecular formula is C24H26N4OS. The highest BCUT2D eigenvalue weighted by atomic mass is 32.2. The van der Waals surface area contributed by atoms with Crippen LogP contribution < -0.4 is 0 Å². The number of hydrogen-bond donors (Lipinski definition) is 1. The first-order chi connectivity index (χ1) is 14.3. The standard InChI is InChI=1S/C24H26N4OS/c1-6-14(2)18-7-9-20(10-8-18)27-15(3)11-19(17(27)5)12-21-22(25)28-16(4)13-30-24(28)26-23(21)29/h7-14,25H,6H2,1-5H3/b21-12+,25-22?/t14-/m1/s1. The number of fused-ring (bicyclic) bond motifs is 1. The molecule has 0 radical (unpaired) electrons. The van der Waals surface area contributed by atoms with Gasteiger partial charge >= 0.3 is 0 Å². The minimum atomic E-state index is -0.357. The molecule has 2 aromatic rings. The fourth-order valence-electron chi connectivity index (χ4n) is 3.92. The quantitative estimate of drug-likeness (QED) is 0.641. The maximum Gasteiger partial charge on any atom is 0.283 e. The molecule has 1 aromatic heterocycles. The molecule has 2 aliphatic rings. The smallest absolute Gasteiger partial charge is 0.283 e. The highest BCUT2D eigenvalue weighted by Crippen LogP contribution is 2.32. The molecule has 1 atom stereocenters. The van der Waals surface area contributed by atoms with E-state index in [-0.39, 0.29) is 11.7 Å². The van der Waals surface area contributed by atoms with Crippen LogP contribution in [0.3, 0.4) is 0 Å². The fourth-order valence-corrected chi connectivity index (χ4v) is 4.77. The zero-order valence-electron chi connectivity index (χ0n) is 18.0. The lowest BCUT2D eigenvalue weighted by molar-refractivity contribution is -0.114. The van der Waals surface area contributed by atoms with Gasteiger partial charge in [0.15, 0.2) is 5.17 Å². The number of allylic oxidation sites excluding steroid dienone is 1. The normalized spacial score (nSPS) is 18.6. The molecule has 0 aliphatic carbocycles. The van der Waals surface area contributed by atoms with E-state index in [2.05, 4.69) is 60.7 Å². The van der Waals surface area contributed by atoms with Crippen molar-refractivity contribution in [3.8, 4) is 5.69 Å². The third-order valence-electron chi connectivity index (χ3n) is 5.89. The predicted octanol–water partition coefficient (Wildman–Crippen LogP) is 5.77. The molecule has 1 aromatic carbocycles. The van der Waals surface area contributed by atoms with Crippen LogP contribution in [-0.4, -0.2) is 26.4 Å². The SMILES string of the molecule is CC[C@@H](C)c1ccc(-n2c(C)cc(/C=C3\C(=N)N4C(C)=CSC4=NC3=O)c2C)cc1. The number of nitrogens with zero attached hydrogens (tertiary/aromatic N) is 3. The van der Waals surface area contributed by atoms with E-state index in [4.69, 9.17) is 5.41 Å². The van der Waals surface area contributed by atoms with Crippen LogP contribution in [-0.2, 0) is 4.79 Å². The van der Waals surface area contributed by atoms with Gasteiger partial charge in [0.1, 0.15) is 5.84 Å². The molecule has 1 amide bonds. The van der Waals surface area contributed by atoms with Gasteiger partial charge < -0.3 is 4.57 Å². The molecule has 0 unspecified atom stereocenters. The lowest BCUT2D eigenvalue weighted by atomic mass is 9.98. The van der Waals surface area contributed by atoms with Crippen molar-refractivity contribution < 1.29 is 4.79 Å². The second-order valence-corrected chi connectivity index (χ2v) is 8.72. The number of carbonyl (C=O) groups excluding carboxylic acids is 1. The number of aliphatic imine (C=N–C) groups is 1. The largest absolute Gasteiger partial charge is 0.318 e. The minimum absolute atomic E-state index is 0.187. The molecule has 0 spiro atoms. The molecule has 0 fully saturated rings. The van der Waals surface area contributed by atoms with E-state index in [0.717, 1.165) is 34.8 Å². The summed E-state index contributed by atoms with van der Waals surface area (Å²) in [4.78, 5) is 18.5. The average molecular weight is 419 g/mol. The van der Waals surface area contributed by atoms with Gasteiger partial charge in [-0.3, -0.25) is 15.1 Å². The zero-order valence-corrected chi connectivity index (χ0v) is 18.8. The Morgan fingerprint density at radius 2 is 1.90 bits per heavy atom. The number of rotatable bonds is 4. The molecule has 1 N–H and O–H groups in total. The summed E-state index contributed by atoms with van der Waals surface area (Å²) in [6.45, 7) is 10.5. The molecule has 6 heteroatoms. The lowest BCUT2D eigenvalue weighted by Gasteiger charge is -2.25. The number of aryl methyl sites for hydroxylation is 1. The van der Waals surface area contributed by atoms with Crippen molar-refractivity contribution in [2.45, 2.75) is 47.0 Å². The van der Waals surface area contributed by atoms with Gasteiger partial charge in [0.2, 0.25) is 0 Å². The molecule has 154 valence electrons. The Morgan fingerprint density at radius 3 is 2.57 bits per heavy atom. The zero-order chi connectivity index (χ0) is 21.6. The summed E-state index contributed by atoms with van der Waals surface area (Å²) in [7, 11) is 0. The van der Waals surface area contributed by atoms with Gasteiger partial charge in [-0.05, 0) is 73.9 Å². The lowest BCUT2D eigenvalue weighted by Crippen LogP contribution is -2.37. The van der Waals surface area contributed by atoms with Crippen LogP contribution in [0.4, 0.5) is 0 Å². The van der Waals surface area contributed by atoms with Crippen molar-refractivity contribution >= 4 is 34.7 Å². The number of carbonyl (C=O) groups is 1. The number of thioether (sulfide) groups is 1. The Bertz CT molecular complexity index is 1130. The molecule has 4 rings (SSSR count). The summed E-state index contributed by atoms with van der Waals surface area (Å²) in [6, 6.07) is 10.7. The van der Waals surface area contributed by atoms with Crippen LogP contribution in [0.1, 0.15) is 55.6 Å². The predicted molar refractivity (Wildman–Crippen MR) is 125 cm³/mol. The van der Waals surface area contributed by atoms with E-state index in [0.29, 0.717) is 16.7 Å². The third kappa shape index (κ3) is 3.35.